The van der Waals surface area contributed by atoms with E-state index >= 15 is 0 Å². The minimum atomic E-state index is -0.394. The third kappa shape index (κ3) is 4.33. The number of aliphatic hydroxyl groups excluding tert-OH is 1. The number of H-pyrrole nitrogens is 1. The molecule has 6 nitrogen and oxygen atoms in total. The van der Waals surface area contributed by atoms with Crippen molar-refractivity contribution >= 4 is 5.91 Å². The number of hydrogen-bond acceptors (Lipinski definition) is 4. The van der Waals surface area contributed by atoms with Gasteiger partial charge in [0.05, 0.1) is 0 Å². The second kappa shape index (κ2) is 8.07. The topological polar surface area (TPSA) is 95.1 Å². The lowest BCUT2D eigenvalue weighted by atomic mass is 9.95. The van der Waals surface area contributed by atoms with Crippen molar-refractivity contribution in [3.05, 3.63) is 63.3 Å². The molecule has 3 N–H and O–H groups in total. The van der Waals surface area contributed by atoms with Crippen LogP contribution in [0.1, 0.15) is 40.2 Å². The maximum atomic E-state index is 12.4. The Hall–Kier alpha value is -2.47. The number of nitrogens with zero attached hydrogens (tertiary/aromatic N) is 1. The van der Waals surface area contributed by atoms with Crippen LogP contribution in [0.3, 0.4) is 0 Å². The molecule has 1 unspecified atom stereocenters. The average Bonchev–Trinajstić information content (AvgIpc) is 2.65. The number of pyridine rings is 2. The Morgan fingerprint density at radius 3 is 2.92 bits per heavy atom. The molecule has 1 aliphatic carbocycles. The highest BCUT2D eigenvalue weighted by atomic mass is 16.3. The first-order chi connectivity index (χ1) is 12.2. The molecule has 0 aromatic carbocycles. The quantitative estimate of drug-likeness (QED) is 0.736. The number of rotatable bonds is 6. The van der Waals surface area contributed by atoms with Crippen molar-refractivity contribution in [3.8, 4) is 0 Å². The predicted octanol–water partition coefficient (Wildman–Crippen LogP) is 1.23. The summed E-state index contributed by atoms with van der Waals surface area (Å²) >= 11 is 0. The molecule has 0 spiro atoms. The van der Waals surface area contributed by atoms with Crippen LogP contribution in [0, 0.1) is 5.92 Å². The van der Waals surface area contributed by atoms with E-state index in [1.54, 1.807) is 12.3 Å². The first kappa shape index (κ1) is 17.4. The summed E-state index contributed by atoms with van der Waals surface area (Å²) in [7, 11) is 0. The van der Waals surface area contributed by atoms with E-state index in [1.807, 2.05) is 18.2 Å². The maximum Gasteiger partial charge on any atom is 0.261 e. The highest BCUT2D eigenvalue weighted by Crippen LogP contribution is 2.18. The van der Waals surface area contributed by atoms with Crippen molar-refractivity contribution in [1.29, 1.82) is 0 Å². The van der Waals surface area contributed by atoms with Crippen LogP contribution in [-0.2, 0) is 19.3 Å². The summed E-state index contributed by atoms with van der Waals surface area (Å²) in [6, 6.07) is 7.33. The minimum Gasteiger partial charge on any atom is -0.396 e. The number of hydrogen-bond donors (Lipinski definition) is 3. The molecule has 2 aromatic heterocycles. The summed E-state index contributed by atoms with van der Waals surface area (Å²) < 4.78 is 0. The van der Waals surface area contributed by atoms with Crippen LogP contribution in [0.25, 0.3) is 0 Å². The van der Waals surface area contributed by atoms with Gasteiger partial charge in [-0.3, -0.25) is 14.6 Å². The molecule has 3 rings (SSSR count). The van der Waals surface area contributed by atoms with Gasteiger partial charge >= 0.3 is 0 Å². The Morgan fingerprint density at radius 1 is 1.32 bits per heavy atom. The molecule has 132 valence electrons. The van der Waals surface area contributed by atoms with E-state index in [-0.39, 0.29) is 23.6 Å². The number of nitrogens with one attached hydrogen (secondary N) is 2. The highest BCUT2D eigenvalue weighted by Gasteiger charge is 2.18. The second-order valence-corrected chi connectivity index (χ2v) is 6.51. The van der Waals surface area contributed by atoms with E-state index in [9.17, 15) is 14.7 Å². The molecule has 1 atom stereocenters. The molecule has 0 saturated carbocycles. The van der Waals surface area contributed by atoms with Crippen molar-refractivity contribution in [2.75, 3.05) is 13.2 Å². The van der Waals surface area contributed by atoms with Gasteiger partial charge in [-0.25, -0.2) is 0 Å². The van der Waals surface area contributed by atoms with E-state index in [1.165, 1.54) is 0 Å². The number of amides is 1. The molecule has 0 radical (unpaired) electrons. The van der Waals surface area contributed by atoms with E-state index in [0.717, 1.165) is 42.6 Å². The molecule has 0 fully saturated rings. The zero-order chi connectivity index (χ0) is 17.6. The van der Waals surface area contributed by atoms with Crippen molar-refractivity contribution in [1.82, 2.24) is 15.3 Å². The zero-order valence-corrected chi connectivity index (χ0v) is 14.1. The van der Waals surface area contributed by atoms with Crippen molar-refractivity contribution < 1.29 is 9.90 Å². The Kier molecular flexibility index (Phi) is 5.60. The standard InChI is InChI=1S/C19H23N3O3/c23-12-13(9-15-6-3-4-8-20-15)11-21-18(24)16-10-14-5-1-2-7-17(14)22-19(16)25/h3-4,6,8,10,13,23H,1-2,5,7,9,11-12H2,(H,21,24)(H,22,25). The lowest BCUT2D eigenvalue weighted by molar-refractivity contribution is 0.0938. The third-order valence-electron chi connectivity index (χ3n) is 4.62. The van der Waals surface area contributed by atoms with Crippen LogP contribution in [0.2, 0.25) is 0 Å². The number of fused-ring (bicyclic) bond motifs is 1. The van der Waals surface area contributed by atoms with E-state index in [2.05, 4.69) is 15.3 Å². The van der Waals surface area contributed by atoms with Gasteiger partial charge in [-0.15, -0.1) is 0 Å². The summed E-state index contributed by atoms with van der Waals surface area (Å²) in [5.41, 5.74) is 2.68. The largest absolute Gasteiger partial charge is 0.396 e. The van der Waals surface area contributed by atoms with Gasteiger partial charge < -0.3 is 15.4 Å². The average molecular weight is 341 g/mol. The Balaban J connectivity index is 1.64. The highest BCUT2D eigenvalue weighted by molar-refractivity contribution is 5.94. The smallest absolute Gasteiger partial charge is 0.261 e. The lowest BCUT2D eigenvalue weighted by Crippen LogP contribution is -2.35. The number of carbonyl (C=O) groups excluding carboxylic acids is 1. The third-order valence-corrected chi connectivity index (χ3v) is 4.62. The normalized spacial score (nSPS) is 14.6. The molecule has 0 saturated heterocycles. The van der Waals surface area contributed by atoms with Crippen LogP contribution in [0.15, 0.2) is 35.3 Å². The fourth-order valence-electron chi connectivity index (χ4n) is 3.19. The van der Waals surface area contributed by atoms with Gasteiger partial charge in [-0.2, -0.15) is 0 Å². The predicted molar refractivity (Wildman–Crippen MR) is 94.6 cm³/mol. The first-order valence-electron chi connectivity index (χ1n) is 8.71. The molecule has 2 aromatic rings. The summed E-state index contributed by atoms with van der Waals surface area (Å²) in [5.74, 6) is -0.537. The van der Waals surface area contributed by atoms with Crippen molar-refractivity contribution in [3.63, 3.8) is 0 Å². The zero-order valence-electron chi connectivity index (χ0n) is 14.1. The molecule has 25 heavy (non-hydrogen) atoms. The number of carbonyl (C=O) groups is 1. The van der Waals surface area contributed by atoms with Crippen LogP contribution >= 0.6 is 0 Å². The maximum absolute atomic E-state index is 12.4. The van der Waals surface area contributed by atoms with E-state index in [4.69, 9.17) is 0 Å². The number of aromatic nitrogens is 2. The molecular weight excluding hydrogens is 318 g/mol. The summed E-state index contributed by atoms with van der Waals surface area (Å²) in [5, 5.41) is 12.3. The SMILES string of the molecule is O=C(NCC(CO)Cc1ccccn1)c1cc2c([nH]c1=O)CCCC2. The molecule has 6 heteroatoms. The van der Waals surface area contributed by atoms with Crippen LogP contribution in [0.4, 0.5) is 0 Å². The Labute approximate surface area is 146 Å². The van der Waals surface area contributed by atoms with Gasteiger partial charge in [-0.05, 0) is 55.9 Å². The van der Waals surface area contributed by atoms with Gasteiger partial charge in [0.15, 0.2) is 0 Å². The van der Waals surface area contributed by atoms with Gasteiger partial charge in [0, 0.05) is 36.7 Å². The molecule has 0 aliphatic heterocycles. The first-order valence-corrected chi connectivity index (χ1v) is 8.71. The van der Waals surface area contributed by atoms with Gasteiger partial charge in [-0.1, -0.05) is 6.07 Å². The van der Waals surface area contributed by atoms with Crippen LogP contribution in [-0.4, -0.2) is 34.1 Å². The van der Waals surface area contributed by atoms with Crippen molar-refractivity contribution in [2.24, 2.45) is 5.92 Å². The summed E-state index contributed by atoms with van der Waals surface area (Å²) in [6.07, 6.45) is 6.18. The second-order valence-electron chi connectivity index (χ2n) is 6.51. The Morgan fingerprint density at radius 2 is 2.16 bits per heavy atom. The fourth-order valence-corrected chi connectivity index (χ4v) is 3.19. The van der Waals surface area contributed by atoms with Crippen LogP contribution in [0.5, 0.6) is 0 Å². The van der Waals surface area contributed by atoms with E-state index < -0.39 is 5.91 Å². The van der Waals surface area contributed by atoms with Gasteiger partial charge in [0.25, 0.3) is 11.5 Å². The van der Waals surface area contributed by atoms with E-state index in [0.29, 0.717) is 13.0 Å². The molecular formula is C19H23N3O3. The summed E-state index contributed by atoms with van der Waals surface area (Å²) in [4.78, 5) is 31.6. The molecule has 1 aliphatic rings. The lowest BCUT2D eigenvalue weighted by Gasteiger charge is -2.17. The Bertz CT molecular complexity index is 786. The minimum absolute atomic E-state index is 0.0581. The van der Waals surface area contributed by atoms with Crippen molar-refractivity contribution in [2.45, 2.75) is 32.1 Å². The summed E-state index contributed by atoms with van der Waals surface area (Å²) in [6.45, 7) is 0.236. The van der Waals surface area contributed by atoms with Gasteiger partial charge in [0.1, 0.15) is 5.56 Å². The molecule has 1 amide bonds. The van der Waals surface area contributed by atoms with Gasteiger partial charge in [0.2, 0.25) is 0 Å². The van der Waals surface area contributed by atoms with Crippen LogP contribution < -0.4 is 10.9 Å². The monoisotopic (exact) mass is 341 g/mol. The fraction of sp³-hybridized carbons (Fsp3) is 0.421. The number of aromatic amines is 1. The molecule has 0 bridgehead atoms. The number of aryl methyl sites for hydroxylation is 2. The molecule has 2 heterocycles. The number of aliphatic hydroxyl groups is 1.